The quantitative estimate of drug-likeness (QED) is 0.405. The molecule has 0 unspecified atom stereocenters. The molecule has 0 aliphatic rings. The van der Waals surface area contributed by atoms with Crippen LogP contribution < -0.4 is 5.32 Å². The molecule has 0 spiro atoms. The van der Waals surface area contributed by atoms with Crippen LogP contribution in [0.25, 0.3) is 17.3 Å². The molecule has 2 aromatic carbocycles. The van der Waals surface area contributed by atoms with Gasteiger partial charge in [-0.2, -0.15) is 10.4 Å². The first kappa shape index (κ1) is 18.6. The van der Waals surface area contributed by atoms with E-state index in [-0.39, 0.29) is 16.8 Å². The molecule has 1 aromatic heterocycles. The van der Waals surface area contributed by atoms with Crippen LogP contribution in [0.2, 0.25) is 0 Å². The Labute approximate surface area is 161 Å². The minimum Gasteiger partial charge on any atom is -0.465 e. The summed E-state index contributed by atoms with van der Waals surface area (Å²) in [4.78, 5) is 24.4. The van der Waals surface area contributed by atoms with Gasteiger partial charge in [-0.25, -0.2) is 4.79 Å². The molecule has 0 saturated carbocycles. The lowest BCUT2D eigenvalue weighted by atomic mass is 10.1. The number of hydrogen-bond donors (Lipinski definition) is 2. The van der Waals surface area contributed by atoms with Crippen molar-refractivity contribution in [3.05, 3.63) is 77.5 Å². The first-order valence-electron chi connectivity index (χ1n) is 8.33. The van der Waals surface area contributed by atoms with E-state index in [1.807, 2.05) is 36.4 Å². The molecule has 0 bridgehead atoms. The second kappa shape index (κ2) is 8.47. The van der Waals surface area contributed by atoms with Crippen molar-refractivity contribution in [1.82, 2.24) is 10.2 Å². The van der Waals surface area contributed by atoms with Gasteiger partial charge in [0.2, 0.25) is 0 Å². The molecule has 0 saturated heterocycles. The van der Waals surface area contributed by atoms with Gasteiger partial charge in [0.1, 0.15) is 11.6 Å². The van der Waals surface area contributed by atoms with Crippen molar-refractivity contribution in [3.63, 3.8) is 0 Å². The highest BCUT2D eigenvalue weighted by Crippen LogP contribution is 2.23. The molecule has 0 aliphatic heterocycles. The number of amides is 1. The van der Waals surface area contributed by atoms with Gasteiger partial charge >= 0.3 is 5.97 Å². The van der Waals surface area contributed by atoms with Crippen molar-refractivity contribution in [2.45, 2.75) is 0 Å². The summed E-state index contributed by atoms with van der Waals surface area (Å²) in [6.45, 7) is 0. The zero-order valence-electron chi connectivity index (χ0n) is 15.0. The third-order valence-electron chi connectivity index (χ3n) is 3.98. The van der Waals surface area contributed by atoms with E-state index in [1.165, 1.54) is 25.4 Å². The number of carbonyl (C=O) groups is 2. The van der Waals surface area contributed by atoms with Gasteiger partial charge in [-0.3, -0.25) is 9.89 Å². The lowest BCUT2D eigenvalue weighted by Gasteiger charge is -2.09. The summed E-state index contributed by atoms with van der Waals surface area (Å²) in [5, 5.41) is 18.9. The third kappa shape index (κ3) is 3.97. The summed E-state index contributed by atoms with van der Waals surface area (Å²) in [6.07, 6.45) is 2.98. The summed E-state index contributed by atoms with van der Waals surface area (Å²) < 4.78 is 4.71. The van der Waals surface area contributed by atoms with Gasteiger partial charge in [-0.1, -0.05) is 42.5 Å². The molecule has 7 nitrogen and oxygen atoms in total. The maximum atomic E-state index is 12.6. The van der Waals surface area contributed by atoms with Crippen LogP contribution in [0, 0.1) is 11.3 Å². The SMILES string of the molecule is COC(=O)c1ccccc1NC(=O)/C(C#N)=C\c1cn[nH]c1-c1ccccc1. The summed E-state index contributed by atoms with van der Waals surface area (Å²) in [5.74, 6) is -1.22. The number of para-hydroxylation sites is 1. The van der Waals surface area contributed by atoms with Crippen LogP contribution in [-0.2, 0) is 9.53 Å². The number of esters is 1. The zero-order valence-corrected chi connectivity index (χ0v) is 15.0. The summed E-state index contributed by atoms with van der Waals surface area (Å²) >= 11 is 0. The number of hydrogen-bond acceptors (Lipinski definition) is 5. The molecule has 138 valence electrons. The van der Waals surface area contributed by atoms with Crippen LogP contribution in [-0.4, -0.2) is 29.2 Å². The van der Waals surface area contributed by atoms with Gasteiger partial charge in [0.25, 0.3) is 5.91 Å². The van der Waals surface area contributed by atoms with Crippen molar-refractivity contribution in [2.24, 2.45) is 0 Å². The highest BCUT2D eigenvalue weighted by Gasteiger charge is 2.17. The van der Waals surface area contributed by atoms with E-state index < -0.39 is 11.9 Å². The van der Waals surface area contributed by atoms with Crippen molar-refractivity contribution in [1.29, 1.82) is 5.26 Å². The number of aromatic nitrogens is 2. The Morgan fingerprint density at radius 1 is 1.14 bits per heavy atom. The van der Waals surface area contributed by atoms with Crippen molar-refractivity contribution >= 4 is 23.6 Å². The maximum absolute atomic E-state index is 12.6. The number of anilines is 1. The Kier molecular flexibility index (Phi) is 5.63. The van der Waals surface area contributed by atoms with E-state index in [0.717, 1.165) is 5.56 Å². The van der Waals surface area contributed by atoms with Crippen molar-refractivity contribution in [2.75, 3.05) is 12.4 Å². The van der Waals surface area contributed by atoms with Gasteiger partial charge in [0.05, 0.1) is 30.3 Å². The second-order valence-electron chi connectivity index (χ2n) is 5.73. The fourth-order valence-corrected chi connectivity index (χ4v) is 2.61. The molecule has 7 heteroatoms. The second-order valence-corrected chi connectivity index (χ2v) is 5.73. The number of carbonyl (C=O) groups excluding carboxylic acids is 2. The van der Waals surface area contributed by atoms with E-state index in [2.05, 4.69) is 15.5 Å². The minimum absolute atomic E-state index is 0.127. The Morgan fingerprint density at radius 2 is 1.86 bits per heavy atom. The summed E-state index contributed by atoms with van der Waals surface area (Å²) in [7, 11) is 1.26. The van der Waals surface area contributed by atoms with Crippen molar-refractivity contribution < 1.29 is 14.3 Å². The fraction of sp³-hybridized carbons (Fsp3) is 0.0476. The van der Waals surface area contributed by atoms with Crippen LogP contribution in [0.4, 0.5) is 5.69 Å². The van der Waals surface area contributed by atoms with Crippen LogP contribution >= 0.6 is 0 Å². The molecule has 3 aromatic rings. The molecule has 0 aliphatic carbocycles. The highest BCUT2D eigenvalue weighted by molar-refractivity contribution is 6.12. The summed E-state index contributed by atoms with van der Waals surface area (Å²) in [5.41, 5.74) is 2.49. The van der Waals surface area contributed by atoms with Gasteiger partial charge in [0.15, 0.2) is 0 Å². The first-order chi connectivity index (χ1) is 13.6. The molecule has 28 heavy (non-hydrogen) atoms. The third-order valence-corrected chi connectivity index (χ3v) is 3.98. The number of aromatic amines is 1. The Morgan fingerprint density at radius 3 is 2.57 bits per heavy atom. The lowest BCUT2D eigenvalue weighted by Crippen LogP contribution is -2.16. The minimum atomic E-state index is -0.640. The number of rotatable bonds is 5. The number of nitrogens with zero attached hydrogens (tertiary/aromatic N) is 2. The molecule has 3 rings (SSSR count). The van der Waals surface area contributed by atoms with Crippen LogP contribution in [0.15, 0.2) is 66.4 Å². The number of nitrogens with one attached hydrogen (secondary N) is 2. The number of H-pyrrole nitrogens is 1. The topological polar surface area (TPSA) is 108 Å². The Bertz CT molecular complexity index is 1080. The number of benzene rings is 2. The molecule has 0 fully saturated rings. The van der Waals surface area contributed by atoms with Crippen LogP contribution in [0.1, 0.15) is 15.9 Å². The van der Waals surface area contributed by atoms with Crippen molar-refractivity contribution in [3.8, 4) is 17.3 Å². The Balaban J connectivity index is 1.90. The standard InChI is InChI=1S/C21H16N4O3/c1-28-21(27)17-9-5-6-10-18(17)24-20(26)15(12-22)11-16-13-23-25-19(16)14-7-3-2-4-8-14/h2-11,13H,1H3,(H,23,25)(H,24,26)/b15-11-. The van der Waals surface area contributed by atoms with Gasteiger partial charge in [-0.05, 0) is 18.2 Å². The van der Waals surface area contributed by atoms with E-state index in [1.54, 1.807) is 18.2 Å². The smallest absolute Gasteiger partial charge is 0.339 e. The number of ether oxygens (including phenoxy) is 1. The van der Waals surface area contributed by atoms with E-state index in [9.17, 15) is 14.9 Å². The monoisotopic (exact) mass is 372 g/mol. The van der Waals surface area contributed by atoms with Crippen LogP contribution in [0.5, 0.6) is 0 Å². The molecule has 0 radical (unpaired) electrons. The van der Waals surface area contributed by atoms with Gasteiger partial charge in [-0.15, -0.1) is 0 Å². The average molecular weight is 372 g/mol. The lowest BCUT2D eigenvalue weighted by molar-refractivity contribution is -0.112. The van der Waals surface area contributed by atoms with E-state index in [0.29, 0.717) is 11.3 Å². The first-order valence-corrected chi connectivity index (χ1v) is 8.33. The summed E-state index contributed by atoms with van der Waals surface area (Å²) in [6, 6.07) is 17.7. The number of methoxy groups -OCH3 is 1. The van der Waals surface area contributed by atoms with Crippen LogP contribution in [0.3, 0.4) is 0 Å². The van der Waals surface area contributed by atoms with E-state index in [4.69, 9.17) is 4.74 Å². The molecular weight excluding hydrogens is 356 g/mol. The molecular formula is C21H16N4O3. The zero-order chi connectivity index (χ0) is 19.9. The molecule has 1 heterocycles. The fourth-order valence-electron chi connectivity index (χ4n) is 2.61. The molecule has 1 amide bonds. The predicted molar refractivity (Wildman–Crippen MR) is 104 cm³/mol. The average Bonchev–Trinajstić information content (AvgIpc) is 3.20. The normalized spacial score (nSPS) is 10.8. The largest absolute Gasteiger partial charge is 0.465 e. The molecule has 2 N–H and O–H groups in total. The predicted octanol–water partition coefficient (Wildman–Crippen LogP) is 3.41. The Hall–Kier alpha value is -4.18. The number of nitriles is 1. The highest BCUT2D eigenvalue weighted by atomic mass is 16.5. The molecule has 0 atom stereocenters. The van der Waals surface area contributed by atoms with E-state index >= 15 is 0 Å². The maximum Gasteiger partial charge on any atom is 0.339 e. The van der Waals surface area contributed by atoms with Gasteiger partial charge < -0.3 is 10.1 Å². The van der Waals surface area contributed by atoms with Gasteiger partial charge in [0, 0.05) is 11.1 Å².